The van der Waals surface area contributed by atoms with Gasteiger partial charge >= 0.3 is 0 Å². The van der Waals surface area contributed by atoms with Gasteiger partial charge in [-0.3, -0.25) is 4.79 Å². The highest BCUT2D eigenvalue weighted by Gasteiger charge is 2.20. The molecule has 1 aliphatic rings. The summed E-state index contributed by atoms with van der Waals surface area (Å²) in [4.78, 5) is 11.6. The molecule has 0 saturated heterocycles. The largest absolute Gasteiger partial charge is 0.496 e. The molecule has 1 aliphatic carbocycles. The van der Waals surface area contributed by atoms with Crippen LogP contribution in [0.15, 0.2) is 18.2 Å². The van der Waals surface area contributed by atoms with E-state index in [1.165, 1.54) is 12.8 Å². The van der Waals surface area contributed by atoms with Crippen molar-refractivity contribution in [3.05, 3.63) is 29.3 Å². The highest BCUT2D eigenvalue weighted by molar-refractivity contribution is 5.78. The fourth-order valence-electron chi connectivity index (χ4n) is 1.84. The molecule has 18 heavy (non-hydrogen) atoms. The molecule has 1 aromatic rings. The molecule has 2 rings (SSSR count). The number of carbonyl (C=O) groups is 1. The maximum Gasteiger partial charge on any atom is 0.234 e. The SMILES string of the molecule is COc1ccc(CNC(=O)CNC2CC2)cc1C. The van der Waals surface area contributed by atoms with E-state index in [2.05, 4.69) is 10.6 Å². The van der Waals surface area contributed by atoms with E-state index in [1.54, 1.807) is 7.11 Å². The predicted octanol–water partition coefficient (Wildman–Crippen LogP) is 1.37. The summed E-state index contributed by atoms with van der Waals surface area (Å²) >= 11 is 0. The van der Waals surface area contributed by atoms with E-state index in [1.807, 2.05) is 25.1 Å². The highest BCUT2D eigenvalue weighted by atomic mass is 16.5. The smallest absolute Gasteiger partial charge is 0.234 e. The standard InChI is InChI=1S/C14H20N2O2/c1-10-7-11(3-6-13(10)18-2)8-16-14(17)9-15-12-4-5-12/h3,6-7,12,15H,4-5,8-9H2,1-2H3,(H,16,17). The Balaban J connectivity index is 1.77. The third-order valence-electron chi connectivity index (χ3n) is 3.08. The van der Waals surface area contributed by atoms with Gasteiger partial charge in [-0.15, -0.1) is 0 Å². The lowest BCUT2D eigenvalue weighted by molar-refractivity contribution is -0.120. The molecule has 1 amide bonds. The minimum atomic E-state index is 0.0513. The van der Waals surface area contributed by atoms with Crippen LogP contribution in [0.25, 0.3) is 0 Å². The minimum absolute atomic E-state index is 0.0513. The van der Waals surface area contributed by atoms with Gasteiger partial charge in [0.15, 0.2) is 0 Å². The lowest BCUT2D eigenvalue weighted by Gasteiger charge is -2.09. The number of carbonyl (C=O) groups excluding carboxylic acids is 1. The van der Waals surface area contributed by atoms with E-state index < -0.39 is 0 Å². The Hall–Kier alpha value is -1.55. The van der Waals surface area contributed by atoms with Crippen molar-refractivity contribution in [3.8, 4) is 5.75 Å². The third-order valence-corrected chi connectivity index (χ3v) is 3.08. The van der Waals surface area contributed by atoms with E-state index in [0.29, 0.717) is 19.1 Å². The van der Waals surface area contributed by atoms with Crippen molar-refractivity contribution in [3.63, 3.8) is 0 Å². The maximum atomic E-state index is 11.6. The fraction of sp³-hybridized carbons (Fsp3) is 0.500. The van der Waals surface area contributed by atoms with Crippen LogP contribution in [0.4, 0.5) is 0 Å². The molecule has 0 bridgehead atoms. The van der Waals surface area contributed by atoms with Crippen molar-refractivity contribution in [2.75, 3.05) is 13.7 Å². The second-order valence-corrected chi connectivity index (χ2v) is 4.74. The first-order valence-corrected chi connectivity index (χ1v) is 6.32. The summed E-state index contributed by atoms with van der Waals surface area (Å²) < 4.78 is 5.20. The third kappa shape index (κ3) is 3.74. The van der Waals surface area contributed by atoms with Crippen molar-refractivity contribution in [2.45, 2.75) is 32.4 Å². The number of ether oxygens (including phenoxy) is 1. The molecule has 1 saturated carbocycles. The molecule has 1 fully saturated rings. The average Bonchev–Trinajstić information content (AvgIpc) is 3.18. The number of methoxy groups -OCH3 is 1. The average molecular weight is 248 g/mol. The van der Waals surface area contributed by atoms with Crippen LogP contribution < -0.4 is 15.4 Å². The molecular formula is C14H20N2O2. The zero-order valence-corrected chi connectivity index (χ0v) is 11.0. The Bertz CT molecular complexity index is 428. The number of benzene rings is 1. The number of hydrogen-bond acceptors (Lipinski definition) is 3. The second-order valence-electron chi connectivity index (χ2n) is 4.74. The summed E-state index contributed by atoms with van der Waals surface area (Å²) in [5.74, 6) is 0.927. The van der Waals surface area contributed by atoms with Gasteiger partial charge < -0.3 is 15.4 Å². The summed E-state index contributed by atoms with van der Waals surface area (Å²) in [7, 11) is 1.66. The molecule has 0 unspecified atom stereocenters. The summed E-state index contributed by atoms with van der Waals surface area (Å²) in [6.07, 6.45) is 2.40. The molecule has 2 N–H and O–H groups in total. The van der Waals surface area contributed by atoms with Crippen LogP contribution in [0.2, 0.25) is 0 Å². The molecule has 0 spiro atoms. The Morgan fingerprint density at radius 1 is 1.44 bits per heavy atom. The van der Waals surface area contributed by atoms with Crippen LogP contribution >= 0.6 is 0 Å². The number of hydrogen-bond donors (Lipinski definition) is 2. The monoisotopic (exact) mass is 248 g/mol. The number of aryl methyl sites for hydroxylation is 1. The normalized spacial score (nSPS) is 14.3. The number of rotatable bonds is 6. The summed E-state index contributed by atoms with van der Waals surface area (Å²) in [5.41, 5.74) is 2.17. The van der Waals surface area contributed by atoms with Gasteiger partial charge in [-0.25, -0.2) is 0 Å². The van der Waals surface area contributed by atoms with Crippen LogP contribution in [0.5, 0.6) is 5.75 Å². The lowest BCUT2D eigenvalue weighted by Crippen LogP contribution is -2.34. The number of nitrogens with one attached hydrogen (secondary N) is 2. The van der Waals surface area contributed by atoms with Gasteiger partial charge in [0.05, 0.1) is 13.7 Å². The molecule has 0 radical (unpaired) electrons. The molecule has 98 valence electrons. The van der Waals surface area contributed by atoms with Gasteiger partial charge in [0.25, 0.3) is 0 Å². The summed E-state index contributed by atoms with van der Waals surface area (Å²) in [6.45, 7) is 2.98. The van der Waals surface area contributed by atoms with Crippen molar-refractivity contribution >= 4 is 5.91 Å². The Labute approximate surface area is 108 Å². The Kier molecular flexibility index (Phi) is 4.20. The minimum Gasteiger partial charge on any atom is -0.496 e. The first kappa shape index (κ1) is 12.9. The lowest BCUT2D eigenvalue weighted by atomic mass is 10.1. The maximum absolute atomic E-state index is 11.6. The Morgan fingerprint density at radius 3 is 2.83 bits per heavy atom. The second kappa shape index (κ2) is 5.87. The van der Waals surface area contributed by atoms with Gasteiger partial charge in [-0.1, -0.05) is 12.1 Å². The van der Waals surface area contributed by atoms with Crippen molar-refractivity contribution < 1.29 is 9.53 Å². The first-order valence-electron chi connectivity index (χ1n) is 6.32. The van der Waals surface area contributed by atoms with Crippen LogP contribution in [-0.2, 0) is 11.3 Å². The van der Waals surface area contributed by atoms with Gasteiger partial charge in [-0.2, -0.15) is 0 Å². The molecular weight excluding hydrogens is 228 g/mol. The molecule has 0 atom stereocenters. The fourth-order valence-corrected chi connectivity index (χ4v) is 1.84. The van der Waals surface area contributed by atoms with E-state index >= 15 is 0 Å². The van der Waals surface area contributed by atoms with Crippen LogP contribution in [0.3, 0.4) is 0 Å². The van der Waals surface area contributed by atoms with Crippen LogP contribution in [0, 0.1) is 6.92 Å². The zero-order chi connectivity index (χ0) is 13.0. The molecule has 0 heterocycles. The highest BCUT2D eigenvalue weighted by Crippen LogP contribution is 2.19. The van der Waals surface area contributed by atoms with Crippen molar-refractivity contribution in [1.29, 1.82) is 0 Å². The predicted molar refractivity (Wildman–Crippen MR) is 70.6 cm³/mol. The van der Waals surface area contributed by atoms with E-state index in [-0.39, 0.29) is 5.91 Å². The topological polar surface area (TPSA) is 50.4 Å². The zero-order valence-electron chi connectivity index (χ0n) is 11.0. The van der Waals surface area contributed by atoms with Gasteiger partial charge in [0, 0.05) is 12.6 Å². The quantitative estimate of drug-likeness (QED) is 0.799. The number of amides is 1. The molecule has 0 aliphatic heterocycles. The Morgan fingerprint density at radius 2 is 2.22 bits per heavy atom. The van der Waals surface area contributed by atoms with Gasteiger partial charge in [0.2, 0.25) is 5.91 Å². The van der Waals surface area contributed by atoms with Crippen molar-refractivity contribution in [2.24, 2.45) is 0 Å². The summed E-state index contributed by atoms with van der Waals surface area (Å²) in [6, 6.07) is 6.51. The molecule has 4 heteroatoms. The molecule has 4 nitrogen and oxygen atoms in total. The van der Waals surface area contributed by atoms with Crippen LogP contribution in [0.1, 0.15) is 24.0 Å². The van der Waals surface area contributed by atoms with E-state index in [4.69, 9.17) is 4.74 Å². The van der Waals surface area contributed by atoms with Gasteiger partial charge in [-0.05, 0) is 37.0 Å². The van der Waals surface area contributed by atoms with E-state index in [9.17, 15) is 4.79 Å². The van der Waals surface area contributed by atoms with E-state index in [0.717, 1.165) is 16.9 Å². The van der Waals surface area contributed by atoms with Crippen LogP contribution in [-0.4, -0.2) is 25.6 Å². The summed E-state index contributed by atoms with van der Waals surface area (Å²) in [5, 5.41) is 6.09. The first-order chi connectivity index (χ1) is 8.69. The molecule has 1 aromatic carbocycles. The van der Waals surface area contributed by atoms with Crippen molar-refractivity contribution in [1.82, 2.24) is 10.6 Å². The van der Waals surface area contributed by atoms with Gasteiger partial charge in [0.1, 0.15) is 5.75 Å². The molecule has 0 aromatic heterocycles.